The first-order chi connectivity index (χ1) is 23.8. The van der Waals surface area contributed by atoms with E-state index in [0.717, 1.165) is 89.3 Å². The summed E-state index contributed by atoms with van der Waals surface area (Å²) in [7, 11) is 0. The monoisotopic (exact) mass is 670 g/mol. The minimum absolute atomic E-state index is 0. The summed E-state index contributed by atoms with van der Waals surface area (Å²) in [5.74, 6) is 0. The van der Waals surface area contributed by atoms with Gasteiger partial charge in [0.05, 0.1) is 11.4 Å². The molecule has 4 aromatic carbocycles. The van der Waals surface area contributed by atoms with Crippen molar-refractivity contribution in [3.63, 3.8) is 0 Å². The van der Waals surface area contributed by atoms with Crippen molar-refractivity contribution in [3.8, 4) is 0 Å². The smallest absolute Gasteiger partial charge is 0.657 e. The van der Waals surface area contributed by atoms with Gasteiger partial charge in [0.15, 0.2) is 0 Å². The standard InChI is InChI=1S/C44H28N4.Ni/c1-5-13-29(14-6-1)41-33-27-40(45-28-33)44(32-19-11-4-12-20-32)39-26-25-38(48-39)43(31-17-9-3-10-18-31)37-24-23-36(47-37)42(30-15-7-2-8-16-30)35-22-21-34(41)46-35;/h1-26,28,45H;/q-2;+2. The van der Waals surface area contributed by atoms with Crippen LogP contribution in [0.2, 0.25) is 0 Å². The number of nitrogens with zero attached hydrogens (tertiary/aromatic N) is 3. The second-order valence-corrected chi connectivity index (χ2v) is 11.8. The number of hydrogen-bond donors (Lipinski definition) is 1. The predicted molar refractivity (Wildman–Crippen MR) is 195 cm³/mol. The topological polar surface area (TPSA) is 54.6 Å². The Hall–Kier alpha value is -6.03. The van der Waals surface area contributed by atoms with Crippen molar-refractivity contribution in [1.82, 2.24) is 9.97 Å². The Morgan fingerprint density at radius 1 is 0.449 bits per heavy atom. The minimum Gasteiger partial charge on any atom is -0.657 e. The third kappa shape index (κ3) is 5.55. The zero-order chi connectivity index (χ0) is 31.9. The van der Waals surface area contributed by atoms with E-state index in [0.29, 0.717) is 0 Å². The van der Waals surface area contributed by atoms with E-state index >= 15 is 0 Å². The van der Waals surface area contributed by atoms with Crippen molar-refractivity contribution in [2.75, 3.05) is 0 Å². The molecule has 0 unspecified atom stereocenters. The van der Waals surface area contributed by atoms with Gasteiger partial charge in [0.2, 0.25) is 0 Å². The molecule has 4 nitrogen and oxygen atoms in total. The van der Waals surface area contributed by atoms with E-state index < -0.39 is 0 Å². The van der Waals surface area contributed by atoms with Gasteiger partial charge in [-0.2, -0.15) is 0 Å². The van der Waals surface area contributed by atoms with Crippen molar-refractivity contribution in [1.29, 1.82) is 0 Å². The number of H-pyrrole nitrogens is 1. The van der Waals surface area contributed by atoms with E-state index in [-0.39, 0.29) is 16.5 Å². The molecule has 49 heavy (non-hydrogen) atoms. The Morgan fingerprint density at radius 3 is 1.33 bits per heavy atom. The second-order valence-electron chi connectivity index (χ2n) is 11.8. The van der Waals surface area contributed by atoms with Gasteiger partial charge in [0.25, 0.3) is 0 Å². The van der Waals surface area contributed by atoms with Crippen LogP contribution in [0.15, 0.2) is 185 Å². The van der Waals surface area contributed by atoms with Crippen LogP contribution in [0.3, 0.4) is 0 Å². The fourth-order valence-electron chi connectivity index (χ4n) is 6.68. The third-order valence-corrected chi connectivity index (χ3v) is 8.85. The molecule has 0 amide bonds. The van der Waals surface area contributed by atoms with Gasteiger partial charge in [-0.15, -0.1) is 22.3 Å². The summed E-state index contributed by atoms with van der Waals surface area (Å²) in [4.78, 5) is 19.5. The van der Waals surface area contributed by atoms with Crippen LogP contribution >= 0.6 is 0 Å². The van der Waals surface area contributed by atoms with E-state index in [9.17, 15) is 0 Å². The van der Waals surface area contributed by atoms with E-state index in [1.165, 1.54) is 0 Å². The molecular weight excluding hydrogens is 643 g/mol. The summed E-state index contributed by atoms with van der Waals surface area (Å²) in [6, 6.07) is 49.6. The SMILES string of the molecule is [Ni+2].[c-]1c2c[nH]c1C(c1ccccc1)=C1C=CC(=N1)C(c1ccccc1)=c1ccc([n-]1)=C(c1ccccc1)C1=NC(=C2c2ccccc2)C=C1. The zero-order valence-electron chi connectivity index (χ0n) is 26.2. The Balaban J connectivity index is 0.00000348. The average molecular weight is 671 g/mol. The van der Waals surface area contributed by atoms with Crippen LogP contribution in [0.4, 0.5) is 0 Å². The van der Waals surface area contributed by atoms with Gasteiger partial charge in [0.1, 0.15) is 0 Å². The van der Waals surface area contributed by atoms with Gasteiger partial charge < -0.3 is 9.97 Å². The van der Waals surface area contributed by atoms with Gasteiger partial charge in [-0.05, 0) is 57.8 Å². The maximum Gasteiger partial charge on any atom is 2.00 e. The molecule has 6 aromatic rings. The van der Waals surface area contributed by atoms with Gasteiger partial charge in [0, 0.05) is 11.4 Å². The molecule has 5 heteroatoms. The van der Waals surface area contributed by atoms with Gasteiger partial charge in [-0.3, -0.25) is 9.98 Å². The summed E-state index contributed by atoms with van der Waals surface area (Å²) in [6.45, 7) is 0. The fourth-order valence-corrected chi connectivity index (χ4v) is 6.68. The first kappa shape index (κ1) is 30.3. The molecule has 0 saturated heterocycles. The van der Waals surface area contributed by atoms with E-state index in [2.05, 4.69) is 145 Å². The van der Waals surface area contributed by atoms with Crippen molar-refractivity contribution >= 4 is 33.7 Å². The molecule has 0 fully saturated rings. The number of allylic oxidation sites excluding steroid dienone is 4. The first-order valence-electron chi connectivity index (χ1n) is 16.0. The average Bonchev–Trinajstić information content (AvgIpc) is 3.98. The normalized spacial score (nSPS) is 15.0. The summed E-state index contributed by atoms with van der Waals surface area (Å²) >= 11 is 0. The van der Waals surface area contributed by atoms with E-state index in [4.69, 9.17) is 15.0 Å². The van der Waals surface area contributed by atoms with Gasteiger partial charge in [-0.1, -0.05) is 156 Å². The van der Waals surface area contributed by atoms with Crippen LogP contribution < -0.4 is 15.7 Å². The number of aliphatic imine (C=N–C) groups is 2. The maximum atomic E-state index is 5.31. The number of aromatic nitrogens is 2. The number of benzene rings is 4. The maximum absolute atomic E-state index is 5.31. The van der Waals surface area contributed by atoms with E-state index in [1.54, 1.807) is 0 Å². The minimum atomic E-state index is 0. The molecule has 0 atom stereocenters. The summed E-state index contributed by atoms with van der Waals surface area (Å²) in [5.41, 5.74) is 13.4. The van der Waals surface area contributed by atoms with Crippen LogP contribution in [0.5, 0.6) is 0 Å². The molecule has 1 N–H and O–H groups in total. The van der Waals surface area contributed by atoms with Crippen LogP contribution in [0.1, 0.15) is 33.5 Å². The molecule has 2 aromatic heterocycles. The molecule has 0 spiro atoms. The molecule has 3 aliphatic rings. The molecule has 0 saturated carbocycles. The summed E-state index contributed by atoms with van der Waals surface area (Å²) in [5, 5.41) is 1.72. The van der Waals surface area contributed by atoms with Crippen molar-refractivity contribution < 1.29 is 16.5 Å². The number of hydrogen-bond acceptors (Lipinski definition) is 2. The summed E-state index contributed by atoms with van der Waals surface area (Å²) in [6.07, 6.45) is 10.5. The van der Waals surface area contributed by atoms with Crippen LogP contribution in [-0.2, 0) is 16.5 Å². The van der Waals surface area contributed by atoms with E-state index in [1.807, 2.05) is 30.5 Å². The van der Waals surface area contributed by atoms with Crippen LogP contribution in [-0.4, -0.2) is 16.4 Å². The largest absolute Gasteiger partial charge is 2.00 e. The predicted octanol–water partition coefficient (Wildman–Crippen LogP) is 7.42. The molecular formula is C44H28N4Ni. The molecule has 0 radical (unpaired) electrons. The Kier molecular flexibility index (Phi) is 7.97. The van der Waals surface area contributed by atoms with Crippen molar-refractivity contribution in [3.05, 3.63) is 226 Å². The third-order valence-electron chi connectivity index (χ3n) is 8.85. The molecule has 8 bridgehead atoms. The summed E-state index contributed by atoms with van der Waals surface area (Å²) < 4.78 is 0. The Bertz CT molecular complexity index is 2330. The number of rotatable bonds is 4. The Labute approximate surface area is 294 Å². The molecule has 3 aliphatic heterocycles. The van der Waals surface area contributed by atoms with Crippen LogP contribution in [0, 0.1) is 6.07 Å². The molecule has 5 heterocycles. The molecule has 0 aliphatic carbocycles. The number of fused-ring (bicyclic) bond motifs is 6. The zero-order valence-corrected chi connectivity index (χ0v) is 27.2. The molecule has 234 valence electrons. The molecule has 9 rings (SSSR count). The number of aromatic amines is 1. The van der Waals surface area contributed by atoms with Crippen molar-refractivity contribution in [2.24, 2.45) is 9.98 Å². The second kappa shape index (κ2) is 12.9. The Morgan fingerprint density at radius 2 is 0.857 bits per heavy atom. The quantitative estimate of drug-likeness (QED) is 0.154. The number of nitrogens with one attached hydrogen (secondary N) is 1. The van der Waals surface area contributed by atoms with Gasteiger partial charge in [-0.25, -0.2) is 0 Å². The first-order valence-corrected chi connectivity index (χ1v) is 16.0. The van der Waals surface area contributed by atoms with Crippen molar-refractivity contribution in [2.45, 2.75) is 0 Å². The van der Waals surface area contributed by atoms with Gasteiger partial charge >= 0.3 is 16.5 Å². The fraction of sp³-hybridized carbons (Fsp3) is 0. The van der Waals surface area contributed by atoms with Crippen LogP contribution in [0.25, 0.3) is 22.3 Å².